The molecule has 10 heteroatoms. The summed E-state index contributed by atoms with van der Waals surface area (Å²) >= 11 is 1.30. The average molecular weight is 427 g/mol. The molecule has 1 aromatic carbocycles. The average Bonchev–Trinajstić information content (AvgIpc) is 3.35. The van der Waals surface area contributed by atoms with Crippen LogP contribution < -0.4 is 11.1 Å². The van der Waals surface area contributed by atoms with E-state index < -0.39 is 36.2 Å². The Morgan fingerprint density at radius 2 is 1.90 bits per heavy atom. The lowest BCUT2D eigenvalue weighted by atomic mass is 10.1. The van der Waals surface area contributed by atoms with Gasteiger partial charge in [-0.25, -0.2) is 4.79 Å². The fourth-order valence-electron chi connectivity index (χ4n) is 3.62. The molecule has 0 unspecified atom stereocenters. The summed E-state index contributed by atoms with van der Waals surface area (Å²) in [4.78, 5) is 62.2. The number of carbonyl (C=O) groups excluding carboxylic acids is 5. The molecule has 3 N–H and O–H groups in total. The fourth-order valence-corrected chi connectivity index (χ4v) is 4.93. The van der Waals surface area contributed by atoms with Crippen LogP contribution in [0, 0.1) is 0 Å². The predicted octanol–water partition coefficient (Wildman–Crippen LogP) is 1.36. The first-order valence-corrected chi connectivity index (χ1v) is 9.97. The molecule has 154 valence electrons. The molecule has 0 spiro atoms. The number of carbonyl (C=O) groups is 5. The van der Waals surface area contributed by atoms with E-state index >= 15 is 0 Å². The highest BCUT2D eigenvalue weighted by Crippen LogP contribution is 2.38. The minimum absolute atomic E-state index is 0.0472. The minimum Gasteiger partial charge on any atom is -0.452 e. The number of primary amides is 1. The van der Waals surface area contributed by atoms with Crippen LogP contribution in [0.15, 0.2) is 18.2 Å². The van der Waals surface area contributed by atoms with Crippen molar-refractivity contribution in [3.63, 3.8) is 0 Å². The van der Waals surface area contributed by atoms with E-state index in [1.54, 1.807) is 0 Å². The molecule has 4 amide bonds. The molecule has 0 atom stereocenters. The van der Waals surface area contributed by atoms with Crippen LogP contribution in [0.3, 0.4) is 0 Å². The van der Waals surface area contributed by atoms with Gasteiger partial charge in [0.05, 0.1) is 22.3 Å². The Balaban J connectivity index is 1.42. The van der Waals surface area contributed by atoms with Crippen molar-refractivity contribution in [2.24, 2.45) is 5.73 Å². The van der Waals surface area contributed by atoms with Gasteiger partial charge in [0.25, 0.3) is 23.6 Å². The molecule has 0 radical (unpaired) electrons. The molecule has 1 aliphatic heterocycles. The number of amides is 4. The summed E-state index contributed by atoms with van der Waals surface area (Å²) in [6.45, 7) is -0.580. The topological polar surface area (TPSA) is 136 Å². The van der Waals surface area contributed by atoms with E-state index in [9.17, 15) is 24.0 Å². The van der Waals surface area contributed by atoms with Gasteiger partial charge in [0.2, 0.25) is 0 Å². The molecule has 0 bridgehead atoms. The van der Waals surface area contributed by atoms with E-state index in [1.807, 2.05) is 0 Å². The van der Waals surface area contributed by atoms with Crippen LogP contribution in [0.1, 0.15) is 58.3 Å². The number of benzene rings is 1. The molecule has 1 aromatic heterocycles. The molecule has 1 aliphatic carbocycles. The number of rotatable bonds is 5. The zero-order valence-electron chi connectivity index (χ0n) is 15.9. The third kappa shape index (κ3) is 3.24. The van der Waals surface area contributed by atoms with Gasteiger partial charge in [-0.1, -0.05) is 0 Å². The van der Waals surface area contributed by atoms with E-state index in [4.69, 9.17) is 10.5 Å². The summed E-state index contributed by atoms with van der Waals surface area (Å²) < 4.78 is 5.02. The molecule has 0 fully saturated rings. The zero-order chi connectivity index (χ0) is 21.6. The Hall–Kier alpha value is -3.53. The first kappa shape index (κ1) is 19.8. The first-order chi connectivity index (χ1) is 14.3. The lowest BCUT2D eigenvalue weighted by molar-refractivity contribution is -0.119. The molecular weight excluding hydrogens is 410 g/mol. The molecule has 0 saturated heterocycles. The van der Waals surface area contributed by atoms with Crippen LogP contribution in [-0.2, 0) is 22.4 Å². The van der Waals surface area contributed by atoms with Crippen molar-refractivity contribution in [1.29, 1.82) is 0 Å². The van der Waals surface area contributed by atoms with Crippen LogP contribution in [0.5, 0.6) is 0 Å². The number of hydrogen-bond donors (Lipinski definition) is 2. The fraction of sp³-hybridized carbons (Fsp3) is 0.250. The van der Waals surface area contributed by atoms with Crippen LogP contribution in [0.4, 0.5) is 5.00 Å². The Bertz CT molecular complexity index is 1140. The van der Waals surface area contributed by atoms with Crippen LogP contribution >= 0.6 is 11.3 Å². The van der Waals surface area contributed by atoms with Crippen molar-refractivity contribution in [2.75, 3.05) is 19.0 Å². The van der Waals surface area contributed by atoms with Crippen molar-refractivity contribution in [3.8, 4) is 0 Å². The van der Waals surface area contributed by atoms with Gasteiger partial charge in [0.15, 0.2) is 6.61 Å². The first-order valence-electron chi connectivity index (χ1n) is 9.15. The Labute approximate surface area is 174 Å². The number of aryl methyl sites for hydroxylation is 1. The third-order valence-electron chi connectivity index (χ3n) is 5.08. The van der Waals surface area contributed by atoms with Gasteiger partial charge < -0.3 is 15.8 Å². The minimum atomic E-state index is -0.813. The number of ether oxygens (including phenoxy) is 1. The van der Waals surface area contributed by atoms with E-state index in [0.717, 1.165) is 34.6 Å². The second kappa shape index (κ2) is 7.38. The standard InChI is InChI=1S/C20H17N3O6S/c1-23-18(26)10-6-5-9(7-12(10)19(23)27)20(28)29-8-14(24)22-17-15(16(21)25)11-3-2-4-13(11)30-17/h5-7H,2-4,8H2,1H3,(H2,21,25)(H,22,24). The van der Waals surface area contributed by atoms with Crippen molar-refractivity contribution in [2.45, 2.75) is 19.3 Å². The van der Waals surface area contributed by atoms with Crippen molar-refractivity contribution in [3.05, 3.63) is 50.9 Å². The molecule has 2 aromatic rings. The summed E-state index contributed by atoms with van der Waals surface area (Å²) in [5.41, 5.74) is 7.02. The summed E-state index contributed by atoms with van der Waals surface area (Å²) in [6, 6.07) is 4.01. The second-order valence-electron chi connectivity index (χ2n) is 6.98. The maximum absolute atomic E-state index is 12.3. The number of nitrogens with one attached hydrogen (secondary N) is 1. The quantitative estimate of drug-likeness (QED) is 0.546. The smallest absolute Gasteiger partial charge is 0.338 e. The van der Waals surface area contributed by atoms with Gasteiger partial charge in [-0.2, -0.15) is 0 Å². The van der Waals surface area contributed by atoms with Gasteiger partial charge in [-0.05, 0) is 43.0 Å². The lowest BCUT2D eigenvalue weighted by Gasteiger charge is -2.07. The zero-order valence-corrected chi connectivity index (χ0v) is 16.8. The number of thiophene rings is 1. The van der Waals surface area contributed by atoms with E-state index in [1.165, 1.54) is 36.6 Å². The molecule has 0 saturated carbocycles. The molecule has 2 aliphatic rings. The summed E-state index contributed by atoms with van der Waals surface area (Å²) in [5, 5.41) is 2.94. The van der Waals surface area contributed by atoms with Gasteiger partial charge in [-0.15, -0.1) is 11.3 Å². The van der Waals surface area contributed by atoms with E-state index in [0.29, 0.717) is 10.6 Å². The third-order valence-corrected chi connectivity index (χ3v) is 6.29. The maximum Gasteiger partial charge on any atom is 0.338 e. The highest BCUT2D eigenvalue weighted by atomic mass is 32.1. The van der Waals surface area contributed by atoms with E-state index in [2.05, 4.69) is 5.32 Å². The van der Waals surface area contributed by atoms with Gasteiger partial charge in [-0.3, -0.25) is 24.1 Å². The van der Waals surface area contributed by atoms with Crippen LogP contribution in [0.2, 0.25) is 0 Å². The van der Waals surface area contributed by atoms with Gasteiger partial charge in [0, 0.05) is 11.9 Å². The second-order valence-corrected chi connectivity index (χ2v) is 8.08. The monoisotopic (exact) mass is 427 g/mol. The SMILES string of the molecule is CN1C(=O)c2ccc(C(=O)OCC(=O)Nc3sc4c(c3C(N)=O)CCC4)cc2C1=O. The Morgan fingerprint density at radius 3 is 2.63 bits per heavy atom. The van der Waals surface area contributed by atoms with Crippen LogP contribution in [-0.4, -0.2) is 48.2 Å². The number of imide groups is 1. The number of hydrogen-bond acceptors (Lipinski definition) is 7. The number of esters is 1. The summed E-state index contributed by atoms with van der Waals surface area (Å²) in [7, 11) is 1.35. The van der Waals surface area contributed by atoms with E-state index in [-0.39, 0.29) is 16.7 Å². The molecule has 9 nitrogen and oxygen atoms in total. The predicted molar refractivity (Wildman–Crippen MR) is 107 cm³/mol. The molecule has 30 heavy (non-hydrogen) atoms. The Morgan fingerprint density at radius 1 is 1.17 bits per heavy atom. The number of fused-ring (bicyclic) bond motifs is 2. The number of nitrogens with zero attached hydrogens (tertiary/aromatic N) is 1. The molecule has 4 rings (SSSR count). The van der Waals surface area contributed by atoms with Crippen LogP contribution in [0.25, 0.3) is 0 Å². The number of nitrogens with two attached hydrogens (primary N) is 1. The highest BCUT2D eigenvalue weighted by molar-refractivity contribution is 7.17. The van der Waals surface area contributed by atoms with Gasteiger partial charge in [0.1, 0.15) is 5.00 Å². The van der Waals surface area contributed by atoms with Crippen molar-refractivity contribution < 1.29 is 28.7 Å². The number of anilines is 1. The van der Waals surface area contributed by atoms with Crippen molar-refractivity contribution >= 4 is 45.9 Å². The largest absolute Gasteiger partial charge is 0.452 e. The Kier molecular flexibility index (Phi) is 4.86. The van der Waals surface area contributed by atoms with Crippen molar-refractivity contribution in [1.82, 2.24) is 4.90 Å². The highest BCUT2D eigenvalue weighted by Gasteiger charge is 2.33. The molecular formula is C20H17N3O6S. The summed E-state index contributed by atoms with van der Waals surface area (Å²) in [5.74, 6) is -2.98. The maximum atomic E-state index is 12.3. The lowest BCUT2D eigenvalue weighted by Crippen LogP contribution is -2.24. The normalized spacial score (nSPS) is 14.5. The molecule has 2 heterocycles. The van der Waals surface area contributed by atoms with Gasteiger partial charge >= 0.3 is 5.97 Å². The summed E-state index contributed by atoms with van der Waals surface area (Å²) in [6.07, 6.45) is 2.52.